The van der Waals surface area contributed by atoms with Gasteiger partial charge in [-0.3, -0.25) is 4.79 Å². The number of hydrogen-bond donors (Lipinski definition) is 1. The van der Waals surface area contributed by atoms with E-state index in [2.05, 4.69) is 5.32 Å². The number of carbonyl (C=O) groups is 1. The topological polar surface area (TPSA) is 29.1 Å². The lowest BCUT2D eigenvalue weighted by atomic mass is 10.2. The maximum Gasteiger partial charge on any atom is 0.221 e. The quantitative estimate of drug-likeness (QED) is 0.772. The Bertz CT molecular complexity index is 261. The number of carbonyl (C=O) groups excluding carboxylic acids is 1. The van der Waals surface area contributed by atoms with E-state index < -0.39 is 0 Å². The minimum absolute atomic E-state index is 0.00806. The monoisotopic (exact) mass is 217 g/mol. The Balaban J connectivity index is 2.42. The van der Waals surface area contributed by atoms with Crippen molar-refractivity contribution in [1.82, 2.24) is 5.32 Å². The largest absolute Gasteiger partial charge is 0.350 e. The van der Waals surface area contributed by atoms with Crippen molar-refractivity contribution in [2.24, 2.45) is 0 Å². The summed E-state index contributed by atoms with van der Waals surface area (Å²) >= 11 is 7.08. The van der Waals surface area contributed by atoms with Crippen LogP contribution >= 0.6 is 22.9 Å². The summed E-state index contributed by atoms with van der Waals surface area (Å²) in [6.45, 7) is 1.97. The Morgan fingerprint density at radius 2 is 2.54 bits per heavy atom. The van der Waals surface area contributed by atoms with Gasteiger partial charge in [-0.2, -0.15) is 11.3 Å². The first kappa shape index (κ1) is 10.5. The summed E-state index contributed by atoms with van der Waals surface area (Å²) in [6, 6.07) is 2.10. The summed E-state index contributed by atoms with van der Waals surface area (Å²) in [6.07, 6.45) is 0.385. The molecular weight excluding hydrogens is 206 g/mol. The summed E-state index contributed by atoms with van der Waals surface area (Å²) in [5, 5.41) is 6.90. The zero-order valence-corrected chi connectivity index (χ0v) is 8.99. The van der Waals surface area contributed by atoms with Crippen molar-refractivity contribution in [3.8, 4) is 0 Å². The average molecular weight is 218 g/mol. The number of hydrogen-bond acceptors (Lipinski definition) is 2. The summed E-state index contributed by atoms with van der Waals surface area (Å²) in [4.78, 5) is 11.2. The molecule has 0 bridgehead atoms. The van der Waals surface area contributed by atoms with Crippen molar-refractivity contribution in [2.75, 3.05) is 5.88 Å². The molecule has 1 aromatic rings. The third-order valence-corrected chi connectivity index (χ3v) is 2.63. The number of alkyl halides is 1. The molecule has 1 rings (SSSR count). The lowest BCUT2D eigenvalue weighted by Crippen LogP contribution is -2.26. The van der Waals surface area contributed by atoms with Crippen LogP contribution in [0.2, 0.25) is 0 Å². The SMILES string of the molecule is CC(NC(=O)CCCl)c1ccsc1. The first-order valence-corrected chi connectivity index (χ1v) is 5.59. The van der Waals surface area contributed by atoms with Crippen LogP contribution in [0.25, 0.3) is 0 Å². The van der Waals surface area contributed by atoms with Crippen LogP contribution in [0.4, 0.5) is 0 Å². The fourth-order valence-electron chi connectivity index (χ4n) is 1.00. The maximum atomic E-state index is 11.2. The van der Waals surface area contributed by atoms with E-state index in [9.17, 15) is 4.79 Å². The molecular formula is C9H12ClNOS. The van der Waals surface area contributed by atoms with Gasteiger partial charge in [0.1, 0.15) is 0 Å². The van der Waals surface area contributed by atoms with Gasteiger partial charge in [0.25, 0.3) is 0 Å². The van der Waals surface area contributed by atoms with Crippen molar-refractivity contribution in [1.29, 1.82) is 0 Å². The van der Waals surface area contributed by atoms with Gasteiger partial charge >= 0.3 is 0 Å². The number of nitrogens with one attached hydrogen (secondary N) is 1. The normalized spacial score (nSPS) is 12.5. The third-order valence-electron chi connectivity index (χ3n) is 1.74. The Hall–Kier alpha value is -0.540. The highest BCUT2D eigenvalue weighted by Crippen LogP contribution is 2.15. The van der Waals surface area contributed by atoms with Crippen molar-refractivity contribution < 1.29 is 4.79 Å². The van der Waals surface area contributed by atoms with Crippen LogP contribution in [-0.4, -0.2) is 11.8 Å². The van der Waals surface area contributed by atoms with Crippen LogP contribution in [-0.2, 0) is 4.79 Å². The van der Waals surface area contributed by atoms with E-state index in [0.717, 1.165) is 5.56 Å². The second-order valence-electron chi connectivity index (χ2n) is 2.78. The lowest BCUT2D eigenvalue weighted by Gasteiger charge is -2.11. The van der Waals surface area contributed by atoms with E-state index in [1.54, 1.807) is 11.3 Å². The molecule has 0 spiro atoms. The lowest BCUT2D eigenvalue weighted by molar-refractivity contribution is -0.121. The smallest absolute Gasteiger partial charge is 0.221 e. The van der Waals surface area contributed by atoms with Crippen molar-refractivity contribution in [3.05, 3.63) is 22.4 Å². The molecule has 0 fully saturated rings. The van der Waals surface area contributed by atoms with Crippen LogP contribution in [0.1, 0.15) is 24.9 Å². The first-order chi connectivity index (χ1) is 6.24. The van der Waals surface area contributed by atoms with E-state index >= 15 is 0 Å². The minimum Gasteiger partial charge on any atom is -0.350 e. The highest BCUT2D eigenvalue weighted by atomic mass is 35.5. The Morgan fingerprint density at radius 1 is 1.77 bits per heavy atom. The van der Waals surface area contributed by atoms with Gasteiger partial charge in [-0.05, 0) is 29.3 Å². The predicted octanol–water partition coefficient (Wildman–Crippen LogP) is 2.55. The Morgan fingerprint density at radius 3 is 3.08 bits per heavy atom. The van der Waals surface area contributed by atoms with Gasteiger partial charge in [0, 0.05) is 12.3 Å². The fourth-order valence-corrected chi connectivity index (χ4v) is 1.93. The van der Waals surface area contributed by atoms with E-state index in [0.29, 0.717) is 12.3 Å². The van der Waals surface area contributed by atoms with Crippen LogP contribution in [0, 0.1) is 0 Å². The maximum absolute atomic E-state index is 11.2. The number of amides is 1. The summed E-state index contributed by atoms with van der Waals surface area (Å²) in [7, 11) is 0. The molecule has 0 aliphatic carbocycles. The van der Waals surface area contributed by atoms with Crippen LogP contribution in [0.3, 0.4) is 0 Å². The highest BCUT2D eigenvalue weighted by Gasteiger charge is 2.08. The molecule has 0 radical (unpaired) electrons. The van der Waals surface area contributed by atoms with Crippen LogP contribution < -0.4 is 5.32 Å². The van der Waals surface area contributed by atoms with Crippen molar-refractivity contribution in [3.63, 3.8) is 0 Å². The van der Waals surface area contributed by atoms with Gasteiger partial charge in [0.05, 0.1) is 6.04 Å². The van der Waals surface area contributed by atoms with Gasteiger partial charge in [0.2, 0.25) is 5.91 Å². The molecule has 13 heavy (non-hydrogen) atoms. The second-order valence-corrected chi connectivity index (χ2v) is 3.94. The summed E-state index contributed by atoms with van der Waals surface area (Å²) in [5.74, 6) is 0.385. The average Bonchev–Trinajstić information content (AvgIpc) is 2.55. The standard InChI is InChI=1S/C9H12ClNOS/c1-7(8-3-5-13-6-8)11-9(12)2-4-10/h3,5-7H,2,4H2,1H3,(H,11,12). The number of rotatable bonds is 4. The van der Waals surface area contributed by atoms with Gasteiger partial charge in [-0.1, -0.05) is 0 Å². The van der Waals surface area contributed by atoms with Crippen LogP contribution in [0.5, 0.6) is 0 Å². The molecule has 1 heterocycles. The molecule has 1 amide bonds. The van der Waals surface area contributed by atoms with E-state index in [1.165, 1.54) is 0 Å². The molecule has 0 aliphatic rings. The molecule has 0 aliphatic heterocycles. The summed E-state index contributed by atoms with van der Waals surface area (Å²) < 4.78 is 0. The van der Waals surface area contributed by atoms with E-state index in [-0.39, 0.29) is 11.9 Å². The molecule has 0 saturated carbocycles. The molecule has 1 atom stereocenters. The number of thiophene rings is 1. The molecule has 4 heteroatoms. The van der Waals surface area contributed by atoms with Gasteiger partial charge in [0.15, 0.2) is 0 Å². The molecule has 1 aromatic heterocycles. The Kier molecular flexibility index (Phi) is 4.25. The predicted molar refractivity (Wildman–Crippen MR) is 56.2 cm³/mol. The zero-order valence-electron chi connectivity index (χ0n) is 7.42. The van der Waals surface area contributed by atoms with Gasteiger partial charge in [-0.25, -0.2) is 0 Å². The molecule has 0 saturated heterocycles. The van der Waals surface area contributed by atoms with Crippen molar-refractivity contribution in [2.45, 2.75) is 19.4 Å². The third kappa shape index (κ3) is 3.36. The first-order valence-electron chi connectivity index (χ1n) is 4.11. The van der Waals surface area contributed by atoms with Gasteiger partial charge < -0.3 is 5.32 Å². The highest BCUT2D eigenvalue weighted by molar-refractivity contribution is 7.07. The van der Waals surface area contributed by atoms with E-state index in [1.807, 2.05) is 23.8 Å². The van der Waals surface area contributed by atoms with Crippen LogP contribution in [0.15, 0.2) is 16.8 Å². The fraction of sp³-hybridized carbons (Fsp3) is 0.444. The molecule has 1 N–H and O–H groups in total. The minimum atomic E-state index is 0.00806. The molecule has 2 nitrogen and oxygen atoms in total. The molecule has 72 valence electrons. The van der Waals surface area contributed by atoms with E-state index in [4.69, 9.17) is 11.6 Å². The molecule has 0 aromatic carbocycles. The zero-order chi connectivity index (χ0) is 9.68. The van der Waals surface area contributed by atoms with Gasteiger partial charge in [-0.15, -0.1) is 11.6 Å². The molecule has 1 unspecified atom stereocenters. The van der Waals surface area contributed by atoms with Crippen molar-refractivity contribution >= 4 is 28.8 Å². The second kappa shape index (κ2) is 5.25. The summed E-state index contributed by atoms with van der Waals surface area (Å²) in [5.41, 5.74) is 1.15. The number of halogens is 1. The Labute approximate surface area is 86.9 Å².